The molecular weight excluding hydrogens is 319 g/mol. The Hall–Kier alpha value is -1.63. The molecule has 0 aliphatic carbocycles. The second-order valence-corrected chi connectivity index (χ2v) is 8.20. The number of likely N-dealkylation sites (tertiary alicyclic amines) is 1. The van der Waals surface area contributed by atoms with Crippen LogP contribution in [0.5, 0.6) is 0 Å². The Morgan fingerprint density at radius 3 is 2.65 bits per heavy atom. The van der Waals surface area contributed by atoms with Gasteiger partial charge in [-0.05, 0) is 37.0 Å². The molecule has 0 aromatic heterocycles. The predicted molar refractivity (Wildman–Crippen MR) is 87.4 cm³/mol. The summed E-state index contributed by atoms with van der Waals surface area (Å²) in [6, 6.07) is 5.85. The molecule has 23 heavy (non-hydrogen) atoms. The van der Waals surface area contributed by atoms with Gasteiger partial charge >= 0.3 is 6.03 Å². The van der Waals surface area contributed by atoms with E-state index in [0.717, 1.165) is 24.8 Å². The van der Waals surface area contributed by atoms with Crippen LogP contribution in [0.1, 0.15) is 37.8 Å². The molecule has 0 bridgehead atoms. The van der Waals surface area contributed by atoms with Crippen LogP contribution >= 0.6 is 0 Å². The summed E-state index contributed by atoms with van der Waals surface area (Å²) in [6.07, 6.45) is 2.75. The first kappa shape index (κ1) is 17.7. The first-order valence-corrected chi connectivity index (χ1v) is 9.75. The minimum absolute atomic E-state index is 0.0513. The quantitative estimate of drug-likeness (QED) is 0.894. The first-order valence-electron chi connectivity index (χ1n) is 7.93. The van der Waals surface area contributed by atoms with Crippen LogP contribution in [-0.4, -0.2) is 43.9 Å². The van der Waals surface area contributed by atoms with Gasteiger partial charge in [-0.15, -0.1) is 0 Å². The molecule has 0 saturated carbocycles. The lowest BCUT2D eigenvalue weighted by Gasteiger charge is -2.36. The minimum atomic E-state index is -3.09. The summed E-state index contributed by atoms with van der Waals surface area (Å²) in [4.78, 5) is 14.1. The third kappa shape index (κ3) is 4.92. The molecule has 1 fully saturated rings. The number of hydrogen-bond acceptors (Lipinski definition) is 3. The van der Waals surface area contributed by atoms with Crippen LogP contribution in [0.25, 0.3) is 0 Å². The van der Waals surface area contributed by atoms with E-state index < -0.39 is 9.84 Å². The highest BCUT2D eigenvalue weighted by atomic mass is 32.2. The predicted octanol–water partition coefficient (Wildman–Crippen LogP) is 2.50. The maximum absolute atomic E-state index is 13.1. The zero-order valence-corrected chi connectivity index (χ0v) is 14.1. The normalized spacial score (nSPS) is 18.7. The topological polar surface area (TPSA) is 66.5 Å². The number of urea groups is 1. The van der Waals surface area contributed by atoms with Crippen LogP contribution < -0.4 is 5.32 Å². The van der Waals surface area contributed by atoms with Crippen molar-refractivity contribution in [1.82, 2.24) is 10.2 Å². The van der Waals surface area contributed by atoms with Crippen molar-refractivity contribution in [2.45, 2.75) is 32.2 Å². The van der Waals surface area contributed by atoms with Crippen LogP contribution in [0.15, 0.2) is 24.3 Å². The minimum Gasteiger partial charge on any atom is -0.337 e. The molecule has 5 nitrogen and oxygen atoms in total. The molecular formula is C16H23FN2O3S. The fourth-order valence-electron chi connectivity index (χ4n) is 2.77. The van der Waals surface area contributed by atoms with Gasteiger partial charge in [0, 0.05) is 18.8 Å². The van der Waals surface area contributed by atoms with Gasteiger partial charge < -0.3 is 10.2 Å². The van der Waals surface area contributed by atoms with E-state index in [9.17, 15) is 17.6 Å². The number of halogens is 1. The number of hydrogen-bond donors (Lipinski definition) is 1. The van der Waals surface area contributed by atoms with Crippen LogP contribution in [0.4, 0.5) is 9.18 Å². The molecule has 7 heteroatoms. The maximum atomic E-state index is 13.1. The molecule has 1 aromatic carbocycles. The van der Waals surface area contributed by atoms with Crippen molar-refractivity contribution in [3.63, 3.8) is 0 Å². The third-order valence-corrected chi connectivity index (χ3v) is 5.85. The van der Waals surface area contributed by atoms with E-state index in [2.05, 4.69) is 5.32 Å². The number of nitrogens with zero attached hydrogens (tertiary/aromatic N) is 1. The molecule has 1 aliphatic rings. The van der Waals surface area contributed by atoms with Gasteiger partial charge in [0.2, 0.25) is 0 Å². The van der Waals surface area contributed by atoms with Gasteiger partial charge in [0.1, 0.15) is 5.82 Å². The lowest BCUT2D eigenvalue weighted by molar-refractivity contribution is 0.152. The summed E-state index contributed by atoms with van der Waals surface area (Å²) in [6.45, 7) is 2.32. The molecule has 1 N–H and O–H groups in total. The Labute approximate surface area is 136 Å². The number of amides is 2. The van der Waals surface area contributed by atoms with Crippen LogP contribution in [-0.2, 0) is 9.84 Å². The number of sulfone groups is 1. The van der Waals surface area contributed by atoms with Gasteiger partial charge in [-0.2, -0.15) is 0 Å². The van der Waals surface area contributed by atoms with Crippen molar-refractivity contribution >= 4 is 15.9 Å². The Kier molecular flexibility index (Phi) is 5.98. The highest BCUT2D eigenvalue weighted by Crippen LogP contribution is 2.30. The Balaban J connectivity index is 2.00. The number of benzene rings is 1. The lowest BCUT2D eigenvalue weighted by atomic mass is 9.95. The highest BCUT2D eigenvalue weighted by molar-refractivity contribution is 7.91. The van der Waals surface area contributed by atoms with Gasteiger partial charge in [-0.1, -0.05) is 19.1 Å². The number of carbonyl (C=O) groups excluding carboxylic acids is 1. The maximum Gasteiger partial charge on any atom is 0.317 e. The Bertz CT molecular complexity index is 631. The van der Waals surface area contributed by atoms with Gasteiger partial charge in [0.15, 0.2) is 9.84 Å². The van der Waals surface area contributed by atoms with E-state index >= 15 is 0 Å². The molecule has 1 heterocycles. The largest absolute Gasteiger partial charge is 0.337 e. The standard InChI is InChI=1S/C16H23FN2O3S/c1-2-23(21,22)12-10-18-16(20)19-11-4-3-5-15(19)13-6-8-14(17)9-7-13/h6-9,15H,2-5,10-12H2,1H3,(H,18,20)/t15-/m1/s1. The zero-order chi connectivity index (χ0) is 16.9. The van der Waals surface area contributed by atoms with Gasteiger partial charge in [-0.25, -0.2) is 17.6 Å². The summed E-state index contributed by atoms with van der Waals surface area (Å²) >= 11 is 0. The lowest BCUT2D eigenvalue weighted by Crippen LogP contribution is -2.45. The molecule has 0 radical (unpaired) electrons. The molecule has 1 atom stereocenters. The smallest absolute Gasteiger partial charge is 0.317 e. The monoisotopic (exact) mass is 342 g/mol. The molecule has 2 rings (SSSR count). The number of rotatable bonds is 5. The molecule has 1 aliphatic heterocycles. The van der Waals surface area contributed by atoms with Crippen LogP contribution in [0.3, 0.4) is 0 Å². The van der Waals surface area contributed by atoms with Crippen molar-refractivity contribution in [3.05, 3.63) is 35.6 Å². The molecule has 0 spiro atoms. The van der Waals surface area contributed by atoms with E-state index in [-0.39, 0.29) is 35.9 Å². The van der Waals surface area contributed by atoms with E-state index in [1.165, 1.54) is 12.1 Å². The average molecular weight is 342 g/mol. The second-order valence-electron chi connectivity index (χ2n) is 5.72. The van der Waals surface area contributed by atoms with E-state index in [1.807, 2.05) is 0 Å². The van der Waals surface area contributed by atoms with E-state index in [1.54, 1.807) is 24.0 Å². The zero-order valence-electron chi connectivity index (χ0n) is 13.3. The number of nitrogens with one attached hydrogen (secondary N) is 1. The molecule has 1 saturated heterocycles. The summed E-state index contributed by atoms with van der Waals surface area (Å²) in [5.74, 6) is -0.278. The fraction of sp³-hybridized carbons (Fsp3) is 0.562. The molecule has 2 amide bonds. The Morgan fingerprint density at radius 2 is 2.00 bits per heavy atom. The van der Waals surface area contributed by atoms with Crippen molar-refractivity contribution in [2.75, 3.05) is 24.6 Å². The van der Waals surface area contributed by atoms with E-state index in [4.69, 9.17) is 0 Å². The van der Waals surface area contributed by atoms with Gasteiger partial charge in [0.05, 0.1) is 11.8 Å². The van der Waals surface area contributed by atoms with Crippen molar-refractivity contribution in [3.8, 4) is 0 Å². The fourth-order valence-corrected chi connectivity index (χ4v) is 3.47. The highest BCUT2D eigenvalue weighted by Gasteiger charge is 2.27. The number of carbonyl (C=O) groups is 1. The summed E-state index contributed by atoms with van der Waals surface area (Å²) in [5.41, 5.74) is 0.905. The van der Waals surface area contributed by atoms with Crippen LogP contribution in [0.2, 0.25) is 0 Å². The SMILES string of the molecule is CCS(=O)(=O)CCNC(=O)N1CCCC[C@@H]1c1ccc(F)cc1. The number of piperidine rings is 1. The van der Waals surface area contributed by atoms with Crippen molar-refractivity contribution in [1.29, 1.82) is 0 Å². The average Bonchev–Trinajstić information content (AvgIpc) is 2.55. The van der Waals surface area contributed by atoms with Gasteiger partial charge in [0.25, 0.3) is 0 Å². The van der Waals surface area contributed by atoms with E-state index in [0.29, 0.717) is 6.54 Å². The summed E-state index contributed by atoms with van der Waals surface area (Å²) in [7, 11) is -3.09. The second kappa shape index (κ2) is 7.77. The summed E-state index contributed by atoms with van der Waals surface area (Å²) in [5, 5.41) is 2.69. The summed E-state index contributed by atoms with van der Waals surface area (Å²) < 4.78 is 36.0. The van der Waals surface area contributed by atoms with Crippen molar-refractivity contribution in [2.24, 2.45) is 0 Å². The Morgan fingerprint density at radius 1 is 1.30 bits per heavy atom. The van der Waals surface area contributed by atoms with Crippen LogP contribution in [0, 0.1) is 5.82 Å². The third-order valence-electron chi connectivity index (χ3n) is 4.15. The van der Waals surface area contributed by atoms with Crippen molar-refractivity contribution < 1.29 is 17.6 Å². The first-order chi connectivity index (χ1) is 10.9. The van der Waals surface area contributed by atoms with Gasteiger partial charge in [-0.3, -0.25) is 0 Å². The molecule has 128 valence electrons. The molecule has 1 aromatic rings. The molecule has 0 unspecified atom stereocenters.